The first-order valence-electron chi connectivity index (χ1n) is 27.7. The molecule has 7 N–H and O–H groups in total. The van der Waals surface area contributed by atoms with Crippen molar-refractivity contribution in [1.29, 1.82) is 0 Å². The Hall–Kier alpha value is -5.32. The Morgan fingerprint density at radius 1 is 0.545 bits per heavy atom. The quantitative estimate of drug-likeness (QED) is 0.0396. The number of allylic oxidation sites excluding steroid dienone is 1. The van der Waals surface area contributed by atoms with Crippen molar-refractivity contribution in [1.82, 2.24) is 26.6 Å². The second-order valence-electron chi connectivity index (χ2n) is 19.0. The van der Waals surface area contributed by atoms with E-state index in [1.54, 1.807) is 19.2 Å². The summed E-state index contributed by atoms with van der Waals surface area (Å²) in [6.07, 6.45) is 13.7. The molecule has 0 heterocycles. The number of nitrogens with one attached hydrogen (secondary N) is 5. The Balaban J connectivity index is 1.98. The van der Waals surface area contributed by atoms with E-state index in [9.17, 15) is 43.5 Å². The number of rotatable bonds is 54. The molecule has 1 aromatic rings. The van der Waals surface area contributed by atoms with E-state index < -0.39 is 18.0 Å². The summed E-state index contributed by atoms with van der Waals surface area (Å²) in [5, 5.41) is 33.0. The molecule has 21 heteroatoms. The highest BCUT2D eigenvalue weighted by atomic mass is 16.5. The van der Waals surface area contributed by atoms with Crippen LogP contribution >= 0.6 is 0 Å². The highest BCUT2D eigenvalue weighted by Gasteiger charge is 2.24. The zero-order valence-electron chi connectivity index (χ0n) is 46.4. The number of aliphatic carboxylic acids is 1. The van der Waals surface area contributed by atoms with Gasteiger partial charge in [0.1, 0.15) is 49.0 Å². The molecule has 3 atom stereocenters. The predicted molar refractivity (Wildman–Crippen MR) is 291 cm³/mol. The van der Waals surface area contributed by atoms with Gasteiger partial charge in [0.05, 0.1) is 51.2 Å². The SMILES string of the molecule is C=C(CCCCCCCCCOc1ccc(C(=O)O)cc1)N[C@@H](CCC(=O)CCCOCCOCC(=O)NCCOCCOCC(=O)NCCCC[C@H](NC)C(=O)C[C@@H](CCCCNC(=O)COCCC)C(C)=O)C(=O)O. The average Bonchev–Trinajstić information content (AvgIpc) is 3.40. The fourth-order valence-electron chi connectivity index (χ4n) is 7.83. The molecule has 0 bridgehead atoms. The number of carboxylic acids is 2. The van der Waals surface area contributed by atoms with Gasteiger partial charge in [-0.1, -0.05) is 52.0 Å². The molecule has 1 rings (SSSR count). The first-order valence-corrected chi connectivity index (χ1v) is 27.7. The van der Waals surface area contributed by atoms with Gasteiger partial charge in [-0.15, -0.1) is 0 Å². The van der Waals surface area contributed by atoms with Crippen LogP contribution < -0.4 is 31.3 Å². The fraction of sp³-hybridized carbons (Fsp3) is 0.714. The molecule has 438 valence electrons. The first kappa shape index (κ1) is 69.7. The van der Waals surface area contributed by atoms with E-state index in [2.05, 4.69) is 33.2 Å². The van der Waals surface area contributed by atoms with Crippen molar-refractivity contribution in [3.63, 3.8) is 0 Å². The number of Topliss-reactive ketones (excluding diaryl/α,β-unsaturated/α-hetero) is 3. The van der Waals surface area contributed by atoms with E-state index in [0.717, 1.165) is 51.4 Å². The van der Waals surface area contributed by atoms with E-state index in [0.29, 0.717) is 95.7 Å². The van der Waals surface area contributed by atoms with Crippen LogP contribution in [-0.4, -0.2) is 169 Å². The van der Waals surface area contributed by atoms with Gasteiger partial charge >= 0.3 is 11.9 Å². The molecule has 1 aromatic carbocycles. The Kier molecular flexibility index (Phi) is 42.3. The number of aromatic carboxylic acids is 1. The number of ether oxygens (including phenoxy) is 6. The van der Waals surface area contributed by atoms with Crippen molar-refractivity contribution in [3.8, 4) is 5.75 Å². The molecule has 0 fully saturated rings. The van der Waals surface area contributed by atoms with E-state index in [4.69, 9.17) is 33.5 Å². The second-order valence-corrected chi connectivity index (χ2v) is 19.0. The molecule has 77 heavy (non-hydrogen) atoms. The Bertz CT molecular complexity index is 1830. The highest BCUT2D eigenvalue weighted by Crippen LogP contribution is 2.18. The van der Waals surface area contributed by atoms with Crippen LogP contribution in [0.5, 0.6) is 5.75 Å². The van der Waals surface area contributed by atoms with Crippen LogP contribution in [0.2, 0.25) is 0 Å². The maximum Gasteiger partial charge on any atom is 0.335 e. The van der Waals surface area contributed by atoms with Gasteiger partial charge in [-0.25, -0.2) is 9.59 Å². The van der Waals surface area contributed by atoms with Crippen LogP contribution in [-0.2, 0) is 57.2 Å². The van der Waals surface area contributed by atoms with E-state index in [1.807, 2.05) is 6.92 Å². The number of carboxylic acid groups (broad SMARTS) is 2. The molecule has 0 spiro atoms. The molecule has 0 aliphatic carbocycles. The minimum absolute atomic E-state index is 0.0148. The van der Waals surface area contributed by atoms with Gasteiger partial charge in [0.2, 0.25) is 17.7 Å². The number of ketones is 3. The standard InChI is InChI=1S/C56H93N5O16/c1-5-31-74-40-52(65)58-28-14-12-19-46(44(3)62)39-51(64)49(57-4)21-13-15-29-59-53(66)41-76-38-36-73-34-30-60-54(67)42-75-37-35-72-32-17-20-47(63)24-27-50(56(70)71)61-43(2)18-11-9-7-6-8-10-16-33-77-48-25-22-45(23-26-48)55(68)69/h22-23,25-26,46,49-50,57,61H,2,5-21,24,27-42H2,1,3-4H3,(H,58,65)(H,59,66)(H,60,67)(H,68,69)(H,70,71)/t46-,49+,50+/m1/s1. The van der Waals surface area contributed by atoms with Gasteiger partial charge in [-0.2, -0.15) is 0 Å². The van der Waals surface area contributed by atoms with Gasteiger partial charge in [0, 0.05) is 63.7 Å². The lowest BCUT2D eigenvalue weighted by atomic mass is 9.89. The lowest BCUT2D eigenvalue weighted by Gasteiger charge is -2.19. The molecule has 0 unspecified atom stereocenters. The highest BCUT2D eigenvalue weighted by molar-refractivity contribution is 5.90. The first-order chi connectivity index (χ1) is 37.2. The third-order valence-corrected chi connectivity index (χ3v) is 12.3. The summed E-state index contributed by atoms with van der Waals surface area (Å²) in [5.74, 6) is -2.53. The van der Waals surface area contributed by atoms with Crippen molar-refractivity contribution < 1.29 is 77.0 Å². The molecule has 21 nitrogen and oxygen atoms in total. The summed E-state index contributed by atoms with van der Waals surface area (Å²) in [6.45, 7) is 11.0. The van der Waals surface area contributed by atoms with E-state index >= 15 is 0 Å². The zero-order chi connectivity index (χ0) is 56.7. The zero-order valence-corrected chi connectivity index (χ0v) is 46.4. The number of likely N-dealkylation sites (N-methyl/N-ethyl adjacent to an activating group) is 1. The fourth-order valence-corrected chi connectivity index (χ4v) is 7.83. The van der Waals surface area contributed by atoms with Crippen LogP contribution in [0.25, 0.3) is 0 Å². The monoisotopic (exact) mass is 1090 g/mol. The normalized spacial score (nSPS) is 12.2. The van der Waals surface area contributed by atoms with Gasteiger partial charge in [0.25, 0.3) is 0 Å². The van der Waals surface area contributed by atoms with Crippen LogP contribution in [0.1, 0.15) is 153 Å². The average molecular weight is 1090 g/mol. The Labute approximate surface area is 456 Å². The molecule has 0 saturated carbocycles. The van der Waals surface area contributed by atoms with Crippen LogP contribution in [0.4, 0.5) is 0 Å². The number of carbonyl (C=O) groups is 8. The number of unbranched alkanes of at least 4 members (excludes halogenated alkanes) is 8. The maximum atomic E-state index is 13.0. The molecule has 0 aliphatic heterocycles. The lowest BCUT2D eigenvalue weighted by Crippen LogP contribution is -2.36. The summed E-state index contributed by atoms with van der Waals surface area (Å²) in [5.41, 5.74) is 0.875. The van der Waals surface area contributed by atoms with Crippen LogP contribution in [0.15, 0.2) is 36.5 Å². The maximum absolute atomic E-state index is 13.0. The van der Waals surface area contributed by atoms with Crippen molar-refractivity contribution in [2.75, 3.05) is 99.4 Å². The summed E-state index contributed by atoms with van der Waals surface area (Å²) >= 11 is 0. The van der Waals surface area contributed by atoms with E-state index in [1.165, 1.54) is 19.1 Å². The predicted octanol–water partition coefficient (Wildman–Crippen LogP) is 5.51. The number of amides is 3. The van der Waals surface area contributed by atoms with Crippen molar-refractivity contribution in [3.05, 3.63) is 42.1 Å². The number of hydrogen-bond donors (Lipinski definition) is 7. The minimum atomic E-state index is -1.03. The summed E-state index contributed by atoms with van der Waals surface area (Å²) < 4.78 is 32.6. The molecule has 0 radical (unpaired) electrons. The third-order valence-electron chi connectivity index (χ3n) is 12.3. The topological polar surface area (TPSA) is 293 Å². The number of benzene rings is 1. The second kappa shape index (κ2) is 46.7. The molecule has 0 aliphatic rings. The third kappa shape index (κ3) is 39.7. The number of carbonyl (C=O) groups excluding carboxylic acids is 6. The summed E-state index contributed by atoms with van der Waals surface area (Å²) in [6, 6.07) is 5.10. The molecule has 3 amide bonds. The Morgan fingerprint density at radius 3 is 1.66 bits per heavy atom. The molecule has 0 saturated heterocycles. The minimum Gasteiger partial charge on any atom is -0.494 e. The van der Waals surface area contributed by atoms with Crippen LogP contribution in [0.3, 0.4) is 0 Å². The van der Waals surface area contributed by atoms with Gasteiger partial charge in [-0.3, -0.25) is 28.8 Å². The smallest absolute Gasteiger partial charge is 0.335 e. The molecule has 0 aromatic heterocycles. The Morgan fingerprint density at radius 2 is 1.09 bits per heavy atom. The summed E-state index contributed by atoms with van der Waals surface area (Å²) in [7, 11) is 1.72. The van der Waals surface area contributed by atoms with Gasteiger partial charge < -0.3 is 65.2 Å². The molecular weight excluding hydrogens is 999 g/mol. The van der Waals surface area contributed by atoms with Gasteiger partial charge in [0.15, 0.2) is 0 Å². The van der Waals surface area contributed by atoms with Crippen molar-refractivity contribution in [2.45, 2.75) is 154 Å². The van der Waals surface area contributed by atoms with Crippen molar-refractivity contribution in [2.24, 2.45) is 5.92 Å². The van der Waals surface area contributed by atoms with Gasteiger partial charge in [-0.05, 0) is 109 Å². The lowest BCUT2D eigenvalue weighted by molar-refractivity contribution is -0.139. The summed E-state index contributed by atoms with van der Waals surface area (Å²) in [4.78, 5) is 96.5. The number of hydrogen-bond acceptors (Lipinski definition) is 16. The molecular formula is C56H93N5O16. The van der Waals surface area contributed by atoms with Crippen LogP contribution in [0, 0.1) is 5.92 Å². The van der Waals surface area contributed by atoms with Crippen molar-refractivity contribution >= 4 is 47.0 Å². The van der Waals surface area contributed by atoms with E-state index in [-0.39, 0.29) is 138 Å². The largest absolute Gasteiger partial charge is 0.494 e.